The van der Waals surface area contributed by atoms with Crippen LogP contribution in [-0.4, -0.2) is 104 Å². The molecule has 0 radical (unpaired) electrons. The van der Waals surface area contributed by atoms with Crippen LogP contribution in [0.1, 0.15) is 122 Å². The highest BCUT2D eigenvalue weighted by Gasteiger charge is 2.45. The van der Waals surface area contributed by atoms with Crippen molar-refractivity contribution in [2.75, 3.05) is 6.54 Å². The van der Waals surface area contributed by atoms with Crippen LogP contribution in [0.2, 0.25) is 0 Å². The standard InChI is InChI=1S/C55H48N12O8S6/c1-24-9-11-27(12-10-24)15-33-55(75)67-18-40(69)25(2)44(67)54-65-38(23-80-54)52-61-34(19-78-52)43-29(13-14-31(58-43)51-62-35(20-79-51)46(57)72)49-63-36(21-76-49)47(73)59-32(17-41(56)70)53-66-42(26(3)81-53)39(68)16-30(45(71)28-7-5-4-6-8-28)50-64-37(22-77-50)48(74)60-33/h4-14,19-23,25,30,32-33,40,44-45,69,71H,15-18H2,1-3H3,(H2,56,70)(H2,57,72)(H,59,73)(H,60,74)/t25-,30-,32-,33-,40?,44-,45+/m0/s1. The second-order valence-corrected chi connectivity index (χ2v) is 25.1. The highest BCUT2D eigenvalue weighted by molar-refractivity contribution is 7.15. The van der Waals surface area contributed by atoms with Crippen molar-refractivity contribution in [2.24, 2.45) is 17.4 Å². The number of nitrogens with two attached hydrogens (primary N) is 2. The molecular weight excluding hydrogens is 1150 g/mol. The number of carbonyl (C=O) groups is 6. The number of Topliss-reactive ketones (excluding diaryl/α,β-unsaturated/α-hetero) is 1. The predicted molar refractivity (Wildman–Crippen MR) is 309 cm³/mol. The fourth-order valence-electron chi connectivity index (χ4n) is 9.66. The molecule has 2 aliphatic heterocycles. The normalized spacial score (nSPS) is 20.1. The second kappa shape index (κ2) is 23.0. The van der Waals surface area contributed by atoms with Gasteiger partial charge in [-0.05, 0) is 37.1 Å². The molecule has 2 aliphatic rings. The third-order valence-electron chi connectivity index (χ3n) is 13.9. The molecule has 1 saturated heterocycles. The summed E-state index contributed by atoms with van der Waals surface area (Å²) < 4.78 is 0. The number of aromatic nitrogens is 7. The van der Waals surface area contributed by atoms with Crippen LogP contribution < -0.4 is 22.1 Å². The Hall–Kier alpha value is -7.69. The fraction of sp³-hybridized carbons (Fsp3) is 0.255. The smallest absolute Gasteiger partial charge is 0.271 e. The number of benzene rings is 2. The zero-order chi connectivity index (χ0) is 56.8. The lowest BCUT2D eigenvalue weighted by atomic mass is 9.90. The van der Waals surface area contributed by atoms with E-state index in [9.17, 15) is 34.2 Å². The highest BCUT2D eigenvalue weighted by Crippen LogP contribution is 2.43. The molecule has 412 valence electrons. The summed E-state index contributed by atoms with van der Waals surface area (Å²) in [5.41, 5.74) is 15.8. The second-order valence-electron chi connectivity index (χ2n) is 19.5. The van der Waals surface area contributed by atoms with Gasteiger partial charge in [0.15, 0.2) is 5.78 Å². The number of aryl methyl sites for hydroxylation is 2. The van der Waals surface area contributed by atoms with Gasteiger partial charge in [-0.25, -0.2) is 34.9 Å². The molecule has 0 spiro atoms. The number of pyridine rings is 1. The van der Waals surface area contributed by atoms with Gasteiger partial charge in [0.25, 0.3) is 17.7 Å². The predicted octanol–water partition coefficient (Wildman–Crippen LogP) is 7.88. The number of fused-ring (bicyclic) bond motifs is 16. The molecule has 9 heterocycles. The molecule has 0 saturated carbocycles. The first-order valence-corrected chi connectivity index (χ1v) is 30.4. The van der Waals surface area contributed by atoms with Gasteiger partial charge in [0.1, 0.15) is 70.9 Å². The minimum Gasteiger partial charge on any atom is -0.391 e. The Balaban J connectivity index is 1.02. The summed E-state index contributed by atoms with van der Waals surface area (Å²) in [5.74, 6) is -5.15. The molecule has 0 aliphatic carbocycles. The van der Waals surface area contributed by atoms with Gasteiger partial charge < -0.3 is 37.2 Å². The number of primary amides is 2. The van der Waals surface area contributed by atoms with E-state index >= 15 is 4.79 Å². The van der Waals surface area contributed by atoms with Crippen molar-refractivity contribution in [1.82, 2.24) is 50.4 Å². The third-order valence-corrected chi connectivity index (χ3v) is 19.5. The number of hydrogen-bond acceptors (Lipinski definition) is 21. The zero-order valence-electron chi connectivity index (χ0n) is 43.1. The van der Waals surface area contributed by atoms with Crippen molar-refractivity contribution in [2.45, 2.75) is 76.3 Å². The Labute approximate surface area is 486 Å². The van der Waals surface area contributed by atoms with E-state index < -0.39 is 77.5 Å². The van der Waals surface area contributed by atoms with Crippen molar-refractivity contribution in [3.8, 4) is 43.4 Å². The fourth-order valence-corrected chi connectivity index (χ4v) is 15.1. The Bertz CT molecular complexity index is 3890. The minimum absolute atomic E-state index is 0.00233. The zero-order valence-corrected chi connectivity index (χ0v) is 48.0. The van der Waals surface area contributed by atoms with Crippen molar-refractivity contribution in [1.29, 1.82) is 0 Å². The van der Waals surface area contributed by atoms with E-state index in [2.05, 4.69) is 20.6 Å². The lowest BCUT2D eigenvalue weighted by Crippen LogP contribution is -2.50. The third kappa shape index (κ3) is 11.5. The van der Waals surface area contributed by atoms with Crippen LogP contribution in [0.5, 0.6) is 0 Å². The Morgan fingerprint density at radius 2 is 1.32 bits per heavy atom. The van der Waals surface area contributed by atoms with Crippen LogP contribution in [0.15, 0.2) is 93.6 Å². The summed E-state index contributed by atoms with van der Waals surface area (Å²) in [6.07, 6.45) is -2.79. The summed E-state index contributed by atoms with van der Waals surface area (Å²) in [6, 6.07) is 16.9. The number of ketones is 1. The van der Waals surface area contributed by atoms with Gasteiger partial charge in [-0.15, -0.1) is 68.0 Å². The number of nitrogens with one attached hydrogen (secondary N) is 2. The van der Waals surface area contributed by atoms with E-state index in [0.717, 1.165) is 45.1 Å². The van der Waals surface area contributed by atoms with E-state index in [1.807, 2.05) is 43.5 Å². The Morgan fingerprint density at radius 3 is 2.06 bits per heavy atom. The van der Waals surface area contributed by atoms with Gasteiger partial charge in [-0.1, -0.05) is 67.1 Å². The van der Waals surface area contributed by atoms with Crippen LogP contribution in [0.3, 0.4) is 0 Å². The number of thiazole rings is 6. The molecular formula is C55H48N12O8S6. The van der Waals surface area contributed by atoms with E-state index in [4.69, 9.17) is 36.4 Å². The number of hydrogen-bond donors (Lipinski definition) is 6. The number of amides is 5. The van der Waals surface area contributed by atoms with Crippen LogP contribution in [0.4, 0.5) is 0 Å². The van der Waals surface area contributed by atoms with Crippen LogP contribution >= 0.6 is 68.0 Å². The van der Waals surface area contributed by atoms with Crippen molar-refractivity contribution in [3.63, 3.8) is 0 Å². The Kier molecular flexibility index (Phi) is 15.7. The number of aliphatic hydroxyl groups excluding tert-OH is 2. The SMILES string of the molecule is Cc1ccc(C[C@@H]2NC(=O)c3csc(n3)[C@H]([C@H](O)c3ccccc3)CC(=O)c3nc(sc3C)[C@H](CC(N)=O)NC(=O)c3csc(n3)-c3ccc(-c4nc(C(N)=O)cs4)nc3-c3csc(n3)-c3csc(n3)[C@@H]3[C@@H](C)C(O)CN3C2=O)cc1. The summed E-state index contributed by atoms with van der Waals surface area (Å²) in [7, 11) is 0. The maximum absolute atomic E-state index is 15.2. The van der Waals surface area contributed by atoms with Crippen LogP contribution in [-0.2, 0) is 16.0 Å². The molecule has 1 unspecified atom stereocenters. The minimum atomic E-state index is -1.27. The molecule has 2 aromatic carbocycles. The van der Waals surface area contributed by atoms with Gasteiger partial charge in [0.2, 0.25) is 11.8 Å². The van der Waals surface area contributed by atoms with E-state index in [1.165, 1.54) is 44.8 Å². The number of rotatable bonds is 8. The lowest BCUT2D eigenvalue weighted by Gasteiger charge is -2.29. The first-order valence-electron chi connectivity index (χ1n) is 25.2. The molecule has 81 heavy (non-hydrogen) atoms. The lowest BCUT2D eigenvalue weighted by molar-refractivity contribution is -0.134. The average Bonchev–Trinajstić information content (AvgIpc) is 4.47. The number of aliphatic hydroxyl groups is 2. The maximum atomic E-state index is 15.2. The van der Waals surface area contributed by atoms with Gasteiger partial charge in [-0.2, -0.15) is 0 Å². The molecule has 5 amide bonds. The maximum Gasteiger partial charge on any atom is 0.271 e. The van der Waals surface area contributed by atoms with Crippen LogP contribution in [0.25, 0.3) is 43.4 Å². The molecule has 20 nitrogen and oxygen atoms in total. The molecule has 9 aromatic rings. The quantitative estimate of drug-likeness (QED) is 0.0843. The molecule has 10 bridgehead atoms. The van der Waals surface area contributed by atoms with Crippen molar-refractivity contribution in [3.05, 3.63) is 153 Å². The largest absolute Gasteiger partial charge is 0.391 e. The van der Waals surface area contributed by atoms with Gasteiger partial charge >= 0.3 is 0 Å². The molecule has 7 atom stereocenters. The van der Waals surface area contributed by atoms with E-state index in [-0.39, 0.29) is 58.6 Å². The first-order chi connectivity index (χ1) is 39.0. The number of nitrogens with zero attached hydrogens (tertiary/aromatic N) is 8. The molecule has 11 rings (SSSR count). The monoisotopic (exact) mass is 1200 g/mol. The first kappa shape index (κ1) is 55.2. The van der Waals surface area contributed by atoms with Crippen LogP contribution in [0, 0.1) is 19.8 Å². The van der Waals surface area contributed by atoms with E-state index in [0.29, 0.717) is 58.8 Å². The number of carbonyl (C=O) groups excluding carboxylic acids is 6. The van der Waals surface area contributed by atoms with Gasteiger partial charge in [-0.3, -0.25) is 28.8 Å². The van der Waals surface area contributed by atoms with E-state index in [1.54, 1.807) is 65.0 Å². The van der Waals surface area contributed by atoms with Gasteiger partial charge in [0, 0.05) is 68.6 Å². The molecule has 7 aromatic heterocycles. The topological polar surface area (TPSA) is 312 Å². The summed E-state index contributed by atoms with van der Waals surface area (Å²) >= 11 is 7.12. The summed E-state index contributed by atoms with van der Waals surface area (Å²) in [5, 5.41) is 39.9. The van der Waals surface area contributed by atoms with Gasteiger partial charge in [0.05, 0.1) is 41.4 Å². The summed E-state index contributed by atoms with van der Waals surface area (Å²) in [6.45, 7) is 5.44. The average molecular weight is 1200 g/mol. The Morgan fingerprint density at radius 1 is 0.679 bits per heavy atom. The molecule has 1 fully saturated rings. The molecule has 26 heteroatoms. The highest BCUT2D eigenvalue weighted by atomic mass is 32.1. The molecule has 8 N–H and O–H groups in total. The van der Waals surface area contributed by atoms with Crippen molar-refractivity contribution < 1.29 is 39.0 Å². The van der Waals surface area contributed by atoms with Crippen molar-refractivity contribution >= 4 is 103 Å². The summed E-state index contributed by atoms with van der Waals surface area (Å²) in [4.78, 5) is 119.